The molecule has 1 N–H and O–H groups in total. The number of ether oxygens (including phenoxy) is 2. The number of pyridine rings is 1. The second kappa shape index (κ2) is 7.89. The fourth-order valence-corrected chi connectivity index (χ4v) is 3.62. The molecule has 0 aliphatic carbocycles. The van der Waals surface area contributed by atoms with E-state index in [1.807, 2.05) is 12.1 Å². The highest BCUT2D eigenvalue weighted by molar-refractivity contribution is 6.31. The van der Waals surface area contributed by atoms with Crippen LogP contribution in [0.1, 0.15) is 29.7 Å². The highest BCUT2D eigenvalue weighted by Crippen LogP contribution is 2.46. The number of benzene rings is 2. The van der Waals surface area contributed by atoms with Gasteiger partial charge in [-0.1, -0.05) is 41.4 Å². The van der Waals surface area contributed by atoms with E-state index in [1.165, 1.54) is 0 Å². The van der Waals surface area contributed by atoms with Gasteiger partial charge in [-0.25, -0.2) is 4.98 Å². The summed E-state index contributed by atoms with van der Waals surface area (Å²) in [5.41, 5.74) is 2.00. The molecule has 9 heteroatoms. The van der Waals surface area contributed by atoms with Crippen molar-refractivity contribution < 1.29 is 27.8 Å². The summed E-state index contributed by atoms with van der Waals surface area (Å²) in [4.78, 5) is 4.29. The minimum atomic E-state index is -4.58. The quantitative estimate of drug-likeness (QED) is 0.488. The predicted octanol–water partition coefficient (Wildman–Crippen LogP) is 5.85. The van der Waals surface area contributed by atoms with Crippen LogP contribution in [0.4, 0.5) is 13.2 Å². The number of rotatable bonds is 5. The van der Waals surface area contributed by atoms with Crippen LogP contribution in [0.25, 0.3) is 10.9 Å². The first-order valence-electron chi connectivity index (χ1n) is 9.07. The van der Waals surface area contributed by atoms with E-state index in [1.54, 1.807) is 30.3 Å². The molecule has 0 bridgehead atoms. The molecule has 3 atom stereocenters. The van der Waals surface area contributed by atoms with Crippen LogP contribution in [-0.4, -0.2) is 28.7 Å². The summed E-state index contributed by atoms with van der Waals surface area (Å²) in [5.74, 6) is -0.238. The maximum atomic E-state index is 13.2. The molecule has 0 saturated carbocycles. The normalized spacial score (nSPS) is 19.7. The molecule has 1 saturated heterocycles. The van der Waals surface area contributed by atoms with Gasteiger partial charge < -0.3 is 14.6 Å². The van der Waals surface area contributed by atoms with Crippen molar-refractivity contribution in [1.29, 1.82) is 0 Å². The molecule has 1 aliphatic rings. The number of hydrogen-bond acceptors (Lipinski definition) is 4. The summed E-state index contributed by atoms with van der Waals surface area (Å²) in [5, 5.41) is 11.4. The predicted molar refractivity (Wildman–Crippen MR) is 107 cm³/mol. The minimum absolute atomic E-state index is 0.238. The molecule has 4 nitrogen and oxygen atoms in total. The van der Waals surface area contributed by atoms with Gasteiger partial charge in [-0.3, -0.25) is 0 Å². The lowest BCUT2D eigenvalue weighted by atomic mass is 9.94. The first kappa shape index (κ1) is 21.2. The summed E-state index contributed by atoms with van der Waals surface area (Å²) in [6.07, 6.45) is -8.43. The van der Waals surface area contributed by atoms with Crippen LogP contribution in [0.3, 0.4) is 0 Å². The molecule has 30 heavy (non-hydrogen) atoms. The van der Waals surface area contributed by atoms with Gasteiger partial charge in [0, 0.05) is 21.9 Å². The van der Waals surface area contributed by atoms with Crippen molar-refractivity contribution in [3.63, 3.8) is 0 Å². The minimum Gasteiger partial charge on any atom is -0.465 e. The molecule has 3 aromatic rings. The van der Waals surface area contributed by atoms with E-state index in [4.69, 9.17) is 32.7 Å². The van der Waals surface area contributed by atoms with Gasteiger partial charge in [-0.2, -0.15) is 13.2 Å². The van der Waals surface area contributed by atoms with E-state index in [-0.39, 0.29) is 17.9 Å². The number of alkyl halides is 3. The van der Waals surface area contributed by atoms with Crippen molar-refractivity contribution >= 4 is 34.1 Å². The lowest BCUT2D eigenvalue weighted by Gasteiger charge is -2.21. The number of hydrogen-bond donors (Lipinski definition) is 1. The lowest BCUT2D eigenvalue weighted by molar-refractivity contribution is -0.190. The third kappa shape index (κ3) is 4.21. The van der Waals surface area contributed by atoms with Gasteiger partial charge in [-0.15, -0.1) is 0 Å². The fraction of sp³-hybridized carbons (Fsp3) is 0.286. The molecule has 2 heterocycles. The number of halogens is 5. The Bertz CT molecular complexity index is 1110. The molecule has 158 valence electrons. The van der Waals surface area contributed by atoms with Crippen molar-refractivity contribution in [1.82, 2.24) is 4.98 Å². The van der Waals surface area contributed by atoms with Crippen LogP contribution < -0.4 is 4.74 Å². The molecule has 1 fully saturated rings. The zero-order valence-corrected chi connectivity index (χ0v) is 17.1. The third-order valence-corrected chi connectivity index (χ3v) is 5.49. The Kier molecular flexibility index (Phi) is 5.57. The zero-order chi connectivity index (χ0) is 21.6. The summed E-state index contributed by atoms with van der Waals surface area (Å²) in [6.45, 7) is 0.898. The first-order valence-corrected chi connectivity index (χ1v) is 9.83. The molecule has 1 aliphatic heterocycles. The second-order valence-electron chi connectivity index (χ2n) is 6.99. The highest BCUT2D eigenvalue weighted by atomic mass is 35.5. The summed E-state index contributed by atoms with van der Waals surface area (Å²) in [6, 6.07) is 12.0. The van der Waals surface area contributed by atoms with Crippen LogP contribution in [0.5, 0.6) is 5.88 Å². The Hall–Kier alpha value is -2.06. The number of aromatic nitrogens is 1. The number of epoxide rings is 1. The van der Waals surface area contributed by atoms with Crippen LogP contribution in [-0.2, 0) is 11.2 Å². The average Bonchev–Trinajstić information content (AvgIpc) is 3.39. The Morgan fingerprint density at radius 2 is 1.90 bits per heavy atom. The van der Waals surface area contributed by atoms with Gasteiger partial charge in [0.15, 0.2) is 12.4 Å². The summed E-state index contributed by atoms with van der Waals surface area (Å²) >= 11 is 12.5. The van der Waals surface area contributed by atoms with Crippen molar-refractivity contribution in [2.45, 2.75) is 38.0 Å². The largest absolute Gasteiger partial charge is 0.465 e. The van der Waals surface area contributed by atoms with Gasteiger partial charge in [-0.05, 0) is 42.3 Å². The van der Waals surface area contributed by atoms with Crippen molar-refractivity contribution in [2.24, 2.45) is 0 Å². The fourth-order valence-electron chi connectivity index (χ4n) is 3.25. The Morgan fingerprint density at radius 3 is 2.53 bits per heavy atom. The van der Waals surface area contributed by atoms with Crippen LogP contribution >= 0.6 is 23.2 Å². The van der Waals surface area contributed by atoms with Gasteiger partial charge in [0.05, 0.1) is 11.1 Å². The topological polar surface area (TPSA) is 54.9 Å². The van der Waals surface area contributed by atoms with Gasteiger partial charge in [0.1, 0.15) is 6.10 Å². The van der Waals surface area contributed by atoms with Crippen molar-refractivity contribution in [2.75, 3.05) is 0 Å². The molecule has 4 rings (SSSR count). The highest BCUT2D eigenvalue weighted by Gasteiger charge is 2.45. The maximum Gasteiger partial charge on any atom is 0.425 e. The van der Waals surface area contributed by atoms with Crippen LogP contribution in [0.2, 0.25) is 10.0 Å². The second-order valence-corrected chi connectivity index (χ2v) is 7.83. The molecular formula is C21H16Cl2F3NO3. The van der Waals surface area contributed by atoms with Crippen LogP contribution in [0.15, 0.2) is 42.5 Å². The smallest absolute Gasteiger partial charge is 0.425 e. The molecule has 0 spiro atoms. The molecule has 0 radical (unpaired) electrons. The van der Waals surface area contributed by atoms with Gasteiger partial charge in [0.25, 0.3) is 0 Å². The van der Waals surface area contributed by atoms with Gasteiger partial charge in [0.2, 0.25) is 5.88 Å². The number of fused-ring (bicyclic) bond motifs is 1. The zero-order valence-electron chi connectivity index (χ0n) is 15.6. The maximum absolute atomic E-state index is 13.2. The third-order valence-electron chi connectivity index (χ3n) is 4.89. The first-order chi connectivity index (χ1) is 14.1. The summed E-state index contributed by atoms with van der Waals surface area (Å²) < 4.78 is 49.9. The Morgan fingerprint density at radius 1 is 1.20 bits per heavy atom. The van der Waals surface area contributed by atoms with Crippen molar-refractivity contribution in [3.05, 3.63) is 69.2 Å². The van der Waals surface area contributed by atoms with E-state index >= 15 is 0 Å². The van der Waals surface area contributed by atoms with E-state index in [0.29, 0.717) is 26.5 Å². The van der Waals surface area contributed by atoms with Crippen molar-refractivity contribution in [3.8, 4) is 5.88 Å². The molecular weight excluding hydrogens is 442 g/mol. The van der Waals surface area contributed by atoms with E-state index in [9.17, 15) is 18.3 Å². The van der Waals surface area contributed by atoms with E-state index in [0.717, 1.165) is 12.5 Å². The summed E-state index contributed by atoms with van der Waals surface area (Å²) in [7, 11) is 0. The molecule has 1 aromatic heterocycles. The van der Waals surface area contributed by atoms with Crippen LogP contribution in [0, 0.1) is 0 Å². The number of aliphatic hydroxyl groups is 1. The Labute approximate surface area is 180 Å². The lowest BCUT2D eigenvalue weighted by Crippen LogP contribution is -2.32. The molecule has 0 amide bonds. The molecule has 2 aromatic carbocycles. The molecule has 3 unspecified atom stereocenters. The standard InChI is InChI=1S/C21H16Cl2F3NO3/c1-10(21(24,25)26)29-19-17(18-20(28)30-18)14(8-11-4-2-3-5-15(11)23)13-9-12(22)6-7-16(13)27-19/h2-7,9-10,18,20,28H,8H2,1H3. The van der Waals surface area contributed by atoms with E-state index < -0.39 is 24.7 Å². The van der Waals surface area contributed by atoms with E-state index in [2.05, 4.69) is 4.98 Å². The average molecular weight is 458 g/mol. The number of nitrogens with zero attached hydrogens (tertiary/aromatic N) is 1. The van der Waals surface area contributed by atoms with Gasteiger partial charge >= 0.3 is 6.18 Å². The SMILES string of the molecule is CC(Oc1nc2ccc(Cl)cc2c(Cc2ccccc2Cl)c1C1OC1O)C(F)(F)F. The Balaban J connectivity index is 1.93. The number of aliphatic hydroxyl groups excluding tert-OH is 1. The monoisotopic (exact) mass is 457 g/mol.